The number of amides is 1. The maximum Gasteiger partial charge on any atom is 0.227 e. The number of nitrogens with zero attached hydrogens (tertiary/aromatic N) is 1. The van der Waals surface area contributed by atoms with Gasteiger partial charge in [0.15, 0.2) is 5.78 Å². The first-order chi connectivity index (χ1) is 11.2. The van der Waals surface area contributed by atoms with Gasteiger partial charge in [0.05, 0.1) is 6.42 Å². The third-order valence-electron chi connectivity index (χ3n) is 4.41. The SMILES string of the molecule is O=C(CC1CCCN1C(=O)Cc1ccccc1)c1ccccc1. The van der Waals surface area contributed by atoms with Gasteiger partial charge in [-0.25, -0.2) is 0 Å². The molecule has 2 aromatic rings. The van der Waals surface area contributed by atoms with Crippen LogP contribution < -0.4 is 0 Å². The molecule has 2 aromatic carbocycles. The van der Waals surface area contributed by atoms with E-state index in [2.05, 4.69) is 0 Å². The summed E-state index contributed by atoms with van der Waals surface area (Å²) in [4.78, 5) is 26.8. The fourth-order valence-corrected chi connectivity index (χ4v) is 3.20. The van der Waals surface area contributed by atoms with Crippen LogP contribution in [0.1, 0.15) is 35.2 Å². The van der Waals surface area contributed by atoms with Crippen molar-refractivity contribution in [3.8, 4) is 0 Å². The lowest BCUT2D eigenvalue weighted by Crippen LogP contribution is -2.37. The van der Waals surface area contributed by atoms with Crippen molar-refractivity contribution >= 4 is 11.7 Å². The lowest BCUT2D eigenvalue weighted by Gasteiger charge is -2.24. The smallest absolute Gasteiger partial charge is 0.227 e. The summed E-state index contributed by atoms with van der Waals surface area (Å²) < 4.78 is 0. The molecule has 0 saturated carbocycles. The van der Waals surface area contributed by atoms with Crippen molar-refractivity contribution in [2.24, 2.45) is 0 Å². The second-order valence-electron chi connectivity index (χ2n) is 6.04. The molecule has 0 radical (unpaired) electrons. The van der Waals surface area contributed by atoms with Crippen LogP contribution in [0.15, 0.2) is 60.7 Å². The summed E-state index contributed by atoms with van der Waals surface area (Å²) in [5.74, 6) is 0.245. The largest absolute Gasteiger partial charge is 0.339 e. The molecule has 0 N–H and O–H groups in total. The third kappa shape index (κ3) is 3.86. The van der Waals surface area contributed by atoms with Crippen molar-refractivity contribution < 1.29 is 9.59 Å². The first-order valence-electron chi connectivity index (χ1n) is 8.15. The Kier molecular flexibility index (Phi) is 4.86. The van der Waals surface area contributed by atoms with Gasteiger partial charge in [-0.15, -0.1) is 0 Å². The highest BCUT2D eigenvalue weighted by Gasteiger charge is 2.30. The fourth-order valence-electron chi connectivity index (χ4n) is 3.20. The average Bonchev–Trinajstić information content (AvgIpc) is 3.05. The maximum atomic E-state index is 12.6. The topological polar surface area (TPSA) is 37.4 Å². The van der Waals surface area contributed by atoms with Gasteiger partial charge in [0, 0.05) is 24.6 Å². The second-order valence-corrected chi connectivity index (χ2v) is 6.04. The van der Waals surface area contributed by atoms with Crippen LogP contribution in [0.25, 0.3) is 0 Å². The van der Waals surface area contributed by atoms with E-state index in [0.717, 1.165) is 30.5 Å². The van der Waals surface area contributed by atoms with Crippen molar-refractivity contribution in [3.05, 3.63) is 71.8 Å². The fraction of sp³-hybridized carbons (Fsp3) is 0.300. The first kappa shape index (κ1) is 15.5. The molecule has 3 rings (SSSR count). The number of benzene rings is 2. The Bertz CT molecular complexity index is 667. The van der Waals surface area contributed by atoms with E-state index >= 15 is 0 Å². The van der Waals surface area contributed by atoms with Crippen LogP contribution in [-0.2, 0) is 11.2 Å². The number of rotatable bonds is 5. The Hall–Kier alpha value is -2.42. The van der Waals surface area contributed by atoms with Crippen LogP contribution in [0.2, 0.25) is 0 Å². The first-order valence-corrected chi connectivity index (χ1v) is 8.15. The number of likely N-dealkylation sites (tertiary alicyclic amines) is 1. The molecule has 1 fully saturated rings. The van der Waals surface area contributed by atoms with Crippen molar-refractivity contribution in [2.45, 2.75) is 31.7 Å². The van der Waals surface area contributed by atoms with Gasteiger partial charge in [0.25, 0.3) is 0 Å². The van der Waals surface area contributed by atoms with E-state index in [9.17, 15) is 9.59 Å². The molecule has 0 spiro atoms. The summed E-state index contributed by atoms with van der Waals surface area (Å²) in [5, 5.41) is 0. The van der Waals surface area contributed by atoms with Gasteiger partial charge in [-0.2, -0.15) is 0 Å². The molecule has 1 atom stereocenters. The van der Waals surface area contributed by atoms with E-state index in [1.807, 2.05) is 65.6 Å². The standard InChI is InChI=1S/C20H21NO2/c22-19(17-10-5-2-6-11-17)15-18-12-7-13-21(18)20(23)14-16-8-3-1-4-9-16/h1-6,8-11,18H,7,12-15H2. The van der Waals surface area contributed by atoms with E-state index < -0.39 is 0 Å². The van der Waals surface area contributed by atoms with Gasteiger partial charge in [-0.05, 0) is 18.4 Å². The Labute approximate surface area is 136 Å². The molecule has 1 heterocycles. The summed E-state index contributed by atoms with van der Waals surface area (Å²) in [6.07, 6.45) is 2.73. The maximum absolute atomic E-state index is 12.6. The van der Waals surface area contributed by atoms with Crippen LogP contribution in [0.3, 0.4) is 0 Å². The summed E-state index contributed by atoms with van der Waals surface area (Å²) in [6, 6.07) is 19.2. The van der Waals surface area contributed by atoms with Gasteiger partial charge >= 0.3 is 0 Å². The monoisotopic (exact) mass is 307 g/mol. The molecule has 0 aromatic heterocycles. The predicted molar refractivity (Wildman–Crippen MR) is 90.3 cm³/mol. The molecule has 0 aliphatic carbocycles. The molecule has 1 saturated heterocycles. The normalized spacial score (nSPS) is 17.2. The molecule has 1 unspecified atom stereocenters. The summed E-state index contributed by atoms with van der Waals surface area (Å²) in [5.41, 5.74) is 1.76. The predicted octanol–water partition coefficient (Wildman–Crippen LogP) is 3.49. The molecule has 1 aliphatic rings. The molecule has 1 aliphatic heterocycles. The Balaban J connectivity index is 1.63. The summed E-state index contributed by atoms with van der Waals surface area (Å²) in [6.45, 7) is 0.762. The number of ketones is 1. The highest BCUT2D eigenvalue weighted by Crippen LogP contribution is 2.23. The van der Waals surface area contributed by atoms with Crippen molar-refractivity contribution in [2.75, 3.05) is 6.54 Å². The van der Waals surface area contributed by atoms with Crippen LogP contribution in [0, 0.1) is 0 Å². The highest BCUT2D eigenvalue weighted by molar-refractivity contribution is 5.96. The molecule has 3 heteroatoms. The zero-order valence-corrected chi connectivity index (χ0v) is 13.2. The molecular formula is C20H21NO2. The number of carbonyl (C=O) groups excluding carboxylic acids is 2. The summed E-state index contributed by atoms with van der Waals surface area (Å²) in [7, 11) is 0. The molecule has 0 bridgehead atoms. The number of Topliss-reactive ketones (excluding diaryl/α,β-unsaturated/α-hetero) is 1. The van der Waals surface area contributed by atoms with E-state index in [4.69, 9.17) is 0 Å². The quantitative estimate of drug-likeness (QED) is 0.793. The molecule has 23 heavy (non-hydrogen) atoms. The van der Waals surface area contributed by atoms with Crippen molar-refractivity contribution in [1.29, 1.82) is 0 Å². The Morgan fingerprint density at radius 1 is 0.957 bits per heavy atom. The van der Waals surface area contributed by atoms with E-state index in [-0.39, 0.29) is 17.7 Å². The number of carbonyl (C=O) groups is 2. The van der Waals surface area contributed by atoms with Gasteiger partial charge in [0.2, 0.25) is 5.91 Å². The van der Waals surface area contributed by atoms with Crippen LogP contribution in [0.4, 0.5) is 0 Å². The van der Waals surface area contributed by atoms with Crippen molar-refractivity contribution in [1.82, 2.24) is 4.90 Å². The van der Waals surface area contributed by atoms with Gasteiger partial charge in [-0.3, -0.25) is 9.59 Å². The van der Waals surface area contributed by atoms with Crippen LogP contribution in [-0.4, -0.2) is 29.2 Å². The molecule has 1 amide bonds. The van der Waals surface area contributed by atoms with E-state index in [0.29, 0.717) is 12.8 Å². The lowest BCUT2D eigenvalue weighted by atomic mass is 10.0. The lowest BCUT2D eigenvalue weighted by molar-refractivity contribution is -0.131. The van der Waals surface area contributed by atoms with Crippen LogP contribution >= 0.6 is 0 Å². The zero-order chi connectivity index (χ0) is 16.1. The Morgan fingerprint density at radius 3 is 2.30 bits per heavy atom. The molecular weight excluding hydrogens is 286 g/mol. The van der Waals surface area contributed by atoms with E-state index in [1.165, 1.54) is 0 Å². The minimum absolute atomic E-state index is 0.0407. The van der Waals surface area contributed by atoms with Crippen LogP contribution in [0.5, 0.6) is 0 Å². The van der Waals surface area contributed by atoms with E-state index in [1.54, 1.807) is 0 Å². The Morgan fingerprint density at radius 2 is 1.61 bits per heavy atom. The molecule has 3 nitrogen and oxygen atoms in total. The minimum atomic E-state index is 0.0407. The highest BCUT2D eigenvalue weighted by atomic mass is 16.2. The average molecular weight is 307 g/mol. The van der Waals surface area contributed by atoms with Gasteiger partial charge < -0.3 is 4.90 Å². The second kappa shape index (κ2) is 7.23. The molecule has 118 valence electrons. The van der Waals surface area contributed by atoms with Gasteiger partial charge in [-0.1, -0.05) is 60.7 Å². The summed E-state index contributed by atoms with van der Waals surface area (Å²) >= 11 is 0. The zero-order valence-electron chi connectivity index (χ0n) is 13.2. The third-order valence-corrected chi connectivity index (χ3v) is 4.41. The van der Waals surface area contributed by atoms with Gasteiger partial charge in [0.1, 0.15) is 0 Å². The van der Waals surface area contributed by atoms with Crippen molar-refractivity contribution in [3.63, 3.8) is 0 Å². The number of hydrogen-bond donors (Lipinski definition) is 0. The minimum Gasteiger partial charge on any atom is -0.339 e. The number of hydrogen-bond acceptors (Lipinski definition) is 2.